The maximum absolute atomic E-state index is 10.9. The number of fused-ring (bicyclic) bond motifs is 3. The number of nitrogens with zero attached hydrogens (tertiary/aromatic N) is 3. The minimum atomic E-state index is -4.66. The second kappa shape index (κ2) is 11.9. The molecule has 3 aromatic carbocycles. The van der Waals surface area contributed by atoms with Crippen molar-refractivity contribution in [2.45, 2.75) is 113 Å². The number of rotatable bonds is 5. The molecule has 3 aliphatic carbocycles. The first-order valence-corrected chi connectivity index (χ1v) is 13.0. The number of aromatic nitrogens is 3. The summed E-state index contributed by atoms with van der Waals surface area (Å²) in [4.78, 5) is 0. The van der Waals surface area contributed by atoms with Crippen LogP contribution in [0.3, 0.4) is 0 Å². The van der Waals surface area contributed by atoms with Crippen LogP contribution < -0.4 is 0 Å². The maximum atomic E-state index is 10.9. The molecule has 0 N–H and O–H groups in total. The first-order chi connectivity index (χ1) is 34.4. The fourth-order valence-corrected chi connectivity index (χ4v) is 5.27. The highest BCUT2D eigenvalue weighted by molar-refractivity contribution is 6.09. The van der Waals surface area contributed by atoms with Crippen LogP contribution in [0, 0.1) is 0 Å². The van der Waals surface area contributed by atoms with Gasteiger partial charge in [-0.1, -0.05) is 105 Å². The lowest BCUT2D eigenvalue weighted by atomic mass is 9.68. The summed E-state index contributed by atoms with van der Waals surface area (Å²) < 4.78 is 317. The number of para-hydroxylation sites is 1. The third kappa shape index (κ3) is 4.97. The van der Waals surface area contributed by atoms with Crippen molar-refractivity contribution < 1.29 is 51.0 Å². The van der Waals surface area contributed by atoms with Crippen LogP contribution in [0.1, 0.15) is 182 Å². The van der Waals surface area contributed by atoms with E-state index in [1.165, 1.54) is 24.3 Å². The molecule has 5 aromatic rings. The molecule has 0 spiro atoms. The minimum absolute atomic E-state index is 0.150. The SMILES string of the molecule is [2H]c1c([2H])c([2H])c(-c2ccc3oc4ccccc4c3c2C2([2H])C(c3nnnc(C4([2H])C([2H])C([2H])([2H])C([2H])([2H])C([2H])([2H])C4([2H])[2H])c3C3([2H])C([2H])C([2H])([2H])C([2H])([2H])C([2H])([2H])C3([2H])[2H])C([2H])([2H])C([2H])([2H])C([2H])([2H])C2([2H])[2H])c([2H])c1[2H]. The molecule has 4 heteroatoms. The lowest BCUT2D eigenvalue weighted by Gasteiger charge is -2.36. The van der Waals surface area contributed by atoms with E-state index in [2.05, 4.69) is 15.4 Å². The van der Waals surface area contributed by atoms with Gasteiger partial charge in [-0.2, -0.15) is 0 Å². The molecule has 2 heterocycles. The maximum Gasteiger partial charge on any atom is 0.135 e. The van der Waals surface area contributed by atoms with Crippen molar-refractivity contribution in [1.82, 2.24) is 15.4 Å². The van der Waals surface area contributed by atoms with Crippen LogP contribution in [-0.4, -0.2) is 15.4 Å². The molecule has 2 aromatic heterocycles. The largest absolute Gasteiger partial charge is 0.456 e. The van der Waals surface area contributed by atoms with Crippen molar-refractivity contribution in [3.05, 3.63) is 89.1 Å². The van der Waals surface area contributed by atoms with E-state index in [4.69, 9.17) is 29.1 Å². The Labute approximate surface area is 303 Å². The van der Waals surface area contributed by atoms with E-state index < -0.39 is 188 Å². The Morgan fingerprint density at radius 3 is 2.33 bits per heavy atom. The van der Waals surface area contributed by atoms with E-state index in [0.717, 1.165) is 12.1 Å². The average molecular weight is 604 g/mol. The van der Waals surface area contributed by atoms with Crippen LogP contribution in [0.2, 0.25) is 0 Å². The highest BCUT2D eigenvalue weighted by Gasteiger charge is 2.38. The van der Waals surface area contributed by atoms with Gasteiger partial charge >= 0.3 is 0 Å². The van der Waals surface area contributed by atoms with Crippen LogP contribution in [-0.2, 0) is 0 Å². The van der Waals surface area contributed by atoms with Crippen LogP contribution in [0.25, 0.3) is 33.1 Å². The van der Waals surface area contributed by atoms with Crippen molar-refractivity contribution >= 4 is 21.9 Å². The van der Waals surface area contributed by atoms with E-state index in [9.17, 15) is 21.9 Å². The van der Waals surface area contributed by atoms with Crippen molar-refractivity contribution in [2.75, 3.05) is 0 Å². The van der Waals surface area contributed by atoms with Gasteiger partial charge in [0.2, 0.25) is 0 Å². The molecule has 3 fully saturated rings. The Bertz CT molecular complexity index is 3290. The molecule has 6 unspecified atom stereocenters. The third-order valence-corrected chi connectivity index (χ3v) is 7.03. The average Bonchev–Trinajstić information content (AvgIpc) is 3.71. The second-order valence-electron chi connectivity index (χ2n) is 9.38. The Balaban J connectivity index is 1.73. The van der Waals surface area contributed by atoms with Gasteiger partial charge in [0.1, 0.15) is 11.2 Å². The zero-order chi connectivity index (χ0) is 59.0. The van der Waals surface area contributed by atoms with Gasteiger partial charge in [-0.05, 0) is 84.1 Å². The fourth-order valence-electron chi connectivity index (χ4n) is 5.27. The molecular formula is C39H43N3O. The van der Waals surface area contributed by atoms with Crippen LogP contribution in [0.5, 0.6) is 0 Å². The predicted molar refractivity (Wildman–Crippen MR) is 175 cm³/mol. The molecule has 0 aliphatic heterocycles. The van der Waals surface area contributed by atoms with Crippen molar-refractivity contribution in [3.8, 4) is 11.1 Å². The lowest BCUT2D eigenvalue weighted by Crippen LogP contribution is -2.25. The number of hydrogen-bond donors (Lipinski definition) is 0. The van der Waals surface area contributed by atoms with Crippen molar-refractivity contribution in [3.63, 3.8) is 0 Å². The van der Waals surface area contributed by atoms with Crippen LogP contribution in [0.4, 0.5) is 0 Å². The van der Waals surface area contributed by atoms with E-state index in [-0.39, 0.29) is 11.0 Å². The molecule has 0 saturated heterocycles. The molecule has 6 atom stereocenters. The minimum Gasteiger partial charge on any atom is -0.456 e. The summed E-state index contributed by atoms with van der Waals surface area (Å²) in [7, 11) is 0. The monoisotopic (exact) mass is 604 g/mol. The fraction of sp³-hybridized carbons (Fsp3) is 0.462. The second-order valence-corrected chi connectivity index (χ2v) is 9.38. The van der Waals surface area contributed by atoms with Gasteiger partial charge in [0, 0.05) is 67.9 Å². The Kier molecular flexibility index (Phi) is 2.49. The van der Waals surface area contributed by atoms with Crippen molar-refractivity contribution in [1.29, 1.82) is 0 Å². The third-order valence-electron chi connectivity index (χ3n) is 7.03. The number of benzene rings is 3. The smallest absolute Gasteiger partial charge is 0.135 e. The topological polar surface area (TPSA) is 51.8 Å². The first kappa shape index (κ1) is 9.02. The highest BCUT2D eigenvalue weighted by atomic mass is 16.3. The zero-order valence-corrected chi connectivity index (χ0v) is 21.9. The molecule has 0 bridgehead atoms. The van der Waals surface area contributed by atoms with E-state index in [0.29, 0.717) is 0 Å². The summed E-state index contributed by atoms with van der Waals surface area (Å²) in [5, 5.41) is 9.87. The lowest BCUT2D eigenvalue weighted by molar-refractivity contribution is 0.360. The summed E-state index contributed by atoms with van der Waals surface area (Å²) in [6.07, 6.45) is -59.9. The van der Waals surface area contributed by atoms with Gasteiger partial charge in [0.15, 0.2) is 0 Å². The van der Waals surface area contributed by atoms with E-state index >= 15 is 0 Å². The molecule has 0 radical (unpaired) electrons. The summed E-state index contributed by atoms with van der Waals surface area (Å²) in [6, 6.07) is 1.87. The highest BCUT2D eigenvalue weighted by Crippen LogP contribution is 2.53. The molecule has 3 saturated carbocycles. The normalized spacial score (nSPS) is 59.0. The zero-order valence-electron chi connectivity index (χ0n) is 55.9. The Hall–Kier alpha value is -3.53. The number of furan rings is 1. The number of hydrogen-bond acceptors (Lipinski definition) is 4. The molecule has 8 rings (SSSR count). The van der Waals surface area contributed by atoms with Crippen LogP contribution >= 0.6 is 0 Å². The molecule has 220 valence electrons. The molecular weight excluding hydrogens is 526 g/mol. The quantitative estimate of drug-likeness (QED) is 0.200. The standard InChI is InChI=1S/C39H43N3O/c1-4-14-26(15-5-1)29-24-25-34-37(32-22-12-13-23-33(32)43-34)36(29)30-20-10-11-21-31(30)39-35(27-16-6-2-7-17-27)38(40-42-41-39)28-18-8-3-9-19-28/h1,4-5,12-15,22-25,27-28,30-31H,2-3,6-11,16-21H2/i1D,2D2,3D2,4D,5D,6D2,7D2,8D2,9D2,10D2,11D2,14D,15D,16D,17D2,18D,19D2,20D2,21D2,27D,28D,30D. The van der Waals surface area contributed by atoms with Gasteiger partial charge in [0.05, 0.1) is 18.2 Å². The molecule has 4 nitrogen and oxygen atoms in total. The Morgan fingerprint density at radius 1 is 0.698 bits per heavy atom. The molecule has 3 aliphatic rings. The summed E-state index contributed by atoms with van der Waals surface area (Å²) in [5.41, 5.74) is -9.78. The summed E-state index contributed by atoms with van der Waals surface area (Å²) in [5.74, 6) is -17.0. The van der Waals surface area contributed by atoms with Gasteiger partial charge < -0.3 is 4.42 Å². The van der Waals surface area contributed by atoms with Gasteiger partial charge in [-0.25, -0.2) is 0 Å². The predicted octanol–water partition coefficient (Wildman–Crippen LogP) is 11.0. The van der Waals surface area contributed by atoms with Crippen molar-refractivity contribution in [2.24, 2.45) is 0 Å². The summed E-state index contributed by atoms with van der Waals surface area (Å²) in [6.45, 7) is 0. The van der Waals surface area contributed by atoms with Gasteiger partial charge in [0.25, 0.3) is 0 Å². The van der Waals surface area contributed by atoms with E-state index in [1.54, 1.807) is 0 Å². The molecule has 43 heavy (non-hydrogen) atoms. The Morgan fingerprint density at radius 2 is 1.44 bits per heavy atom. The molecule has 0 amide bonds. The summed E-state index contributed by atoms with van der Waals surface area (Å²) >= 11 is 0. The van der Waals surface area contributed by atoms with E-state index in [1.807, 2.05) is 0 Å². The van der Waals surface area contributed by atoms with Gasteiger partial charge in [-0.3, -0.25) is 0 Å². The first-order valence-electron chi connectivity index (χ1n) is 30.2. The van der Waals surface area contributed by atoms with Gasteiger partial charge in [-0.15, -0.1) is 10.2 Å². The van der Waals surface area contributed by atoms with Crippen LogP contribution in [0.15, 0.2) is 71.0 Å².